The van der Waals surface area contributed by atoms with Crippen LogP contribution in [0.3, 0.4) is 0 Å². The number of primary amides is 1. The second-order valence-electron chi connectivity index (χ2n) is 6.69. The van der Waals surface area contributed by atoms with E-state index < -0.39 is 5.91 Å². The van der Waals surface area contributed by atoms with Crippen molar-refractivity contribution in [2.75, 3.05) is 5.32 Å². The van der Waals surface area contributed by atoms with Gasteiger partial charge in [-0.2, -0.15) is 5.10 Å². The third-order valence-corrected chi connectivity index (χ3v) is 5.18. The molecule has 0 fully saturated rings. The number of hydrogen-bond acceptors (Lipinski definition) is 8. The average Bonchev–Trinajstić information content (AvgIpc) is 3.40. The minimum absolute atomic E-state index is 0.0838. The van der Waals surface area contributed by atoms with Gasteiger partial charge in [-0.25, -0.2) is 4.40 Å². The van der Waals surface area contributed by atoms with Crippen LogP contribution in [-0.4, -0.2) is 45.5 Å². The van der Waals surface area contributed by atoms with Crippen LogP contribution in [0.25, 0.3) is 22.9 Å². The summed E-state index contributed by atoms with van der Waals surface area (Å²) in [5.74, 6) is -0.394. The zero-order chi connectivity index (χ0) is 23.1. The van der Waals surface area contributed by atoms with Gasteiger partial charge in [0.25, 0.3) is 11.5 Å². The summed E-state index contributed by atoms with van der Waals surface area (Å²) < 4.78 is 1.35. The monoisotopic (exact) mass is 482 g/mol. The van der Waals surface area contributed by atoms with Gasteiger partial charge in [-0.1, -0.05) is 29.3 Å². The molecule has 0 aliphatic carbocycles. The molecule has 164 valence electrons. The Morgan fingerprint density at radius 2 is 1.85 bits per heavy atom. The van der Waals surface area contributed by atoms with Crippen LogP contribution in [0.5, 0.6) is 0 Å². The number of aromatic nitrogens is 8. The van der Waals surface area contributed by atoms with Crippen molar-refractivity contribution in [3.8, 4) is 17.2 Å². The SMILES string of the molecule is NC(=O)c1nn(-c2c(Cl)cccc2Cl)nc1Nc1ccc(-c2n[nH]c3cncc(=O)n23)nc1. The van der Waals surface area contributed by atoms with Gasteiger partial charge in [-0.05, 0) is 24.3 Å². The molecule has 0 unspecified atom stereocenters. The summed E-state index contributed by atoms with van der Waals surface area (Å²) in [6.45, 7) is 0. The van der Waals surface area contributed by atoms with Crippen LogP contribution in [0, 0.1) is 0 Å². The fourth-order valence-electron chi connectivity index (χ4n) is 3.11. The van der Waals surface area contributed by atoms with Crippen molar-refractivity contribution in [1.29, 1.82) is 0 Å². The summed E-state index contributed by atoms with van der Waals surface area (Å²) in [6, 6.07) is 8.22. The molecule has 0 radical (unpaired) electrons. The van der Waals surface area contributed by atoms with E-state index in [9.17, 15) is 9.59 Å². The number of fused-ring (bicyclic) bond motifs is 1. The van der Waals surface area contributed by atoms with Crippen molar-refractivity contribution < 1.29 is 4.79 Å². The van der Waals surface area contributed by atoms with E-state index in [1.165, 1.54) is 23.0 Å². The van der Waals surface area contributed by atoms with Crippen molar-refractivity contribution in [3.63, 3.8) is 0 Å². The first-order valence-electron chi connectivity index (χ1n) is 9.28. The number of carbonyl (C=O) groups is 1. The number of nitrogens with zero attached hydrogens (tertiary/aromatic N) is 7. The summed E-state index contributed by atoms with van der Waals surface area (Å²) in [6.07, 6.45) is 4.14. The fraction of sp³-hybridized carbons (Fsp3) is 0. The van der Waals surface area contributed by atoms with Crippen molar-refractivity contribution in [2.45, 2.75) is 0 Å². The van der Waals surface area contributed by atoms with E-state index in [0.717, 1.165) is 4.80 Å². The molecule has 12 nitrogen and oxygen atoms in total. The Bertz CT molecular complexity index is 1550. The molecule has 5 rings (SSSR count). The van der Waals surface area contributed by atoms with E-state index in [1.807, 2.05) is 0 Å². The van der Waals surface area contributed by atoms with E-state index in [1.54, 1.807) is 30.3 Å². The van der Waals surface area contributed by atoms with Crippen molar-refractivity contribution >= 4 is 46.3 Å². The Morgan fingerprint density at radius 3 is 2.55 bits per heavy atom. The highest BCUT2D eigenvalue weighted by atomic mass is 35.5. The van der Waals surface area contributed by atoms with Crippen LogP contribution < -0.4 is 16.6 Å². The van der Waals surface area contributed by atoms with Gasteiger partial charge in [0.05, 0.1) is 34.3 Å². The normalized spacial score (nSPS) is 11.1. The van der Waals surface area contributed by atoms with E-state index in [0.29, 0.717) is 38.6 Å². The molecular formula is C19H12Cl2N10O2. The maximum absolute atomic E-state index is 12.1. The Hall–Kier alpha value is -4.29. The van der Waals surface area contributed by atoms with Gasteiger partial charge in [0.1, 0.15) is 11.4 Å². The smallest absolute Gasteiger partial charge is 0.276 e. The Labute approximate surface area is 194 Å². The Kier molecular flexibility index (Phi) is 4.99. The number of pyridine rings is 1. The predicted octanol–water partition coefficient (Wildman–Crippen LogP) is 2.21. The van der Waals surface area contributed by atoms with Gasteiger partial charge >= 0.3 is 0 Å². The molecule has 0 spiro atoms. The number of carbonyl (C=O) groups excluding carboxylic acids is 1. The van der Waals surface area contributed by atoms with Crippen molar-refractivity contribution in [3.05, 3.63) is 75.0 Å². The molecular weight excluding hydrogens is 471 g/mol. The quantitative estimate of drug-likeness (QED) is 0.343. The zero-order valence-corrected chi connectivity index (χ0v) is 17.9. The second-order valence-corrected chi connectivity index (χ2v) is 7.51. The molecule has 0 saturated heterocycles. The first-order chi connectivity index (χ1) is 15.9. The minimum atomic E-state index is -0.799. The van der Waals surface area contributed by atoms with Crippen LogP contribution in [0.2, 0.25) is 10.0 Å². The fourth-order valence-corrected chi connectivity index (χ4v) is 3.66. The third kappa shape index (κ3) is 3.66. The van der Waals surface area contributed by atoms with E-state index in [-0.39, 0.29) is 17.1 Å². The number of hydrogen-bond donors (Lipinski definition) is 3. The molecule has 14 heteroatoms. The first kappa shape index (κ1) is 20.6. The number of nitrogens with two attached hydrogens (primary N) is 1. The van der Waals surface area contributed by atoms with E-state index in [4.69, 9.17) is 28.9 Å². The van der Waals surface area contributed by atoms with Gasteiger partial charge < -0.3 is 11.1 Å². The molecule has 0 aliphatic rings. The standard InChI is InChI=1S/C19H12Cl2N10O2/c20-10-2-1-3-11(21)16(10)31-28-15(17(22)33)18(29-31)25-9-4-5-12(24-6-9)19-27-26-13-7-23-8-14(32)30(13)19/h1-8,26H,(H2,22,33)(H,25,29). The summed E-state index contributed by atoms with van der Waals surface area (Å²) in [5, 5.41) is 18.8. The molecule has 0 atom stereocenters. The largest absolute Gasteiger partial charge is 0.364 e. The lowest BCUT2D eigenvalue weighted by Crippen LogP contribution is -2.14. The maximum Gasteiger partial charge on any atom is 0.276 e. The van der Waals surface area contributed by atoms with E-state index >= 15 is 0 Å². The third-order valence-electron chi connectivity index (χ3n) is 4.57. The molecule has 4 N–H and O–H groups in total. The molecule has 0 saturated carbocycles. The maximum atomic E-state index is 12.1. The molecule has 0 bridgehead atoms. The second kappa shape index (κ2) is 8.00. The summed E-state index contributed by atoms with van der Waals surface area (Å²) in [4.78, 5) is 33.4. The number of benzene rings is 1. The van der Waals surface area contributed by atoms with E-state index in [2.05, 4.69) is 35.7 Å². The highest BCUT2D eigenvalue weighted by molar-refractivity contribution is 6.37. The lowest BCUT2D eigenvalue weighted by molar-refractivity contribution is 0.0996. The number of amides is 1. The summed E-state index contributed by atoms with van der Waals surface area (Å²) in [5.41, 5.74) is 6.65. The number of halogens is 2. The molecule has 1 aromatic carbocycles. The van der Waals surface area contributed by atoms with Crippen molar-refractivity contribution in [2.24, 2.45) is 5.73 Å². The van der Waals surface area contributed by atoms with Gasteiger partial charge in [0.2, 0.25) is 0 Å². The number of rotatable bonds is 5. The lowest BCUT2D eigenvalue weighted by Gasteiger charge is -2.05. The average molecular weight is 483 g/mol. The van der Waals surface area contributed by atoms with Gasteiger partial charge in [-0.3, -0.25) is 24.7 Å². The van der Waals surface area contributed by atoms with Gasteiger partial charge in [0, 0.05) is 0 Å². The Balaban J connectivity index is 1.49. The number of H-pyrrole nitrogens is 1. The van der Waals surface area contributed by atoms with Crippen LogP contribution in [-0.2, 0) is 0 Å². The first-order valence-corrected chi connectivity index (χ1v) is 10.0. The Morgan fingerprint density at radius 1 is 1.06 bits per heavy atom. The molecule has 0 aliphatic heterocycles. The lowest BCUT2D eigenvalue weighted by atomic mass is 10.3. The number of anilines is 2. The number of para-hydroxylation sites is 1. The van der Waals surface area contributed by atoms with Crippen LogP contribution >= 0.6 is 23.2 Å². The molecule has 1 amide bonds. The minimum Gasteiger partial charge on any atom is -0.364 e. The number of nitrogens with one attached hydrogen (secondary N) is 2. The molecule has 4 aromatic heterocycles. The topological polar surface area (TPSA) is 162 Å². The summed E-state index contributed by atoms with van der Waals surface area (Å²) in [7, 11) is 0. The number of aromatic amines is 1. The zero-order valence-electron chi connectivity index (χ0n) is 16.4. The predicted molar refractivity (Wildman–Crippen MR) is 120 cm³/mol. The molecule has 5 aromatic rings. The molecule has 4 heterocycles. The molecule has 33 heavy (non-hydrogen) atoms. The highest BCUT2D eigenvalue weighted by Gasteiger charge is 2.20. The summed E-state index contributed by atoms with van der Waals surface area (Å²) >= 11 is 12.4. The highest BCUT2D eigenvalue weighted by Crippen LogP contribution is 2.29. The van der Waals surface area contributed by atoms with Crippen LogP contribution in [0.4, 0.5) is 11.5 Å². The van der Waals surface area contributed by atoms with Crippen molar-refractivity contribution in [1.82, 2.24) is 39.6 Å². The van der Waals surface area contributed by atoms with Crippen LogP contribution in [0.15, 0.2) is 53.7 Å². The van der Waals surface area contributed by atoms with Gasteiger partial charge in [-0.15, -0.1) is 15.0 Å². The van der Waals surface area contributed by atoms with Gasteiger partial charge in [0.15, 0.2) is 23.0 Å². The van der Waals surface area contributed by atoms with Crippen LogP contribution in [0.1, 0.15) is 10.5 Å².